The normalized spacial score (nSPS) is 36.6. The van der Waals surface area contributed by atoms with E-state index in [-0.39, 0.29) is 25.4 Å². The number of ether oxygens (including phenoxy) is 3. The molecule has 0 bridgehead atoms. The van der Waals surface area contributed by atoms with Gasteiger partial charge in [0.2, 0.25) is 0 Å². The van der Waals surface area contributed by atoms with E-state index in [1.165, 1.54) is 4.68 Å². The summed E-state index contributed by atoms with van der Waals surface area (Å²) in [7, 11) is 0. The zero-order chi connectivity index (χ0) is 13.6. The minimum atomic E-state index is -0.717. The summed E-state index contributed by atoms with van der Waals surface area (Å²) in [6, 6.07) is 0. The van der Waals surface area contributed by atoms with Crippen molar-refractivity contribution < 1.29 is 24.4 Å². The summed E-state index contributed by atoms with van der Waals surface area (Å²) in [6.07, 6.45) is -0.0849. The summed E-state index contributed by atoms with van der Waals surface area (Å²) in [5, 5.41) is 26.1. The smallest absolute Gasteiger partial charge is 0.181 e. The number of aliphatic hydroxyl groups is 2. The minimum absolute atomic E-state index is 0.154. The van der Waals surface area contributed by atoms with Crippen molar-refractivity contribution in [2.45, 2.75) is 50.8 Å². The van der Waals surface area contributed by atoms with Gasteiger partial charge in [0.25, 0.3) is 0 Å². The molecule has 1 aromatic heterocycles. The van der Waals surface area contributed by atoms with Crippen molar-refractivity contribution in [3.63, 3.8) is 0 Å². The van der Waals surface area contributed by atoms with Crippen LogP contribution >= 0.6 is 0 Å². The van der Waals surface area contributed by atoms with Crippen molar-refractivity contribution in [3.05, 3.63) is 11.9 Å². The predicted octanol–water partition coefficient (Wildman–Crippen LogP) is -0.820. The lowest BCUT2D eigenvalue weighted by molar-refractivity contribution is -0.201. The van der Waals surface area contributed by atoms with Crippen molar-refractivity contribution in [3.8, 4) is 0 Å². The summed E-state index contributed by atoms with van der Waals surface area (Å²) in [5.74, 6) is -0.717. The van der Waals surface area contributed by atoms with Crippen molar-refractivity contribution in [2.75, 3.05) is 6.61 Å². The molecule has 2 aliphatic heterocycles. The number of aliphatic hydroxyl groups excluding tert-OH is 2. The first-order valence-electron chi connectivity index (χ1n) is 6.17. The zero-order valence-electron chi connectivity index (χ0n) is 10.8. The van der Waals surface area contributed by atoms with E-state index in [1.807, 2.05) is 13.8 Å². The molecule has 0 aromatic carbocycles. The van der Waals surface area contributed by atoms with Gasteiger partial charge in [0.05, 0.1) is 19.4 Å². The Morgan fingerprint density at radius 1 is 1.32 bits per heavy atom. The number of hydrogen-bond acceptors (Lipinski definition) is 7. The minimum Gasteiger partial charge on any atom is -0.394 e. The molecule has 8 nitrogen and oxygen atoms in total. The van der Waals surface area contributed by atoms with Crippen LogP contribution in [0.4, 0.5) is 0 Å². The highest BCUT2D eigenvalue weighted by atomic mass is 16.8. The molecule has 3 heterocycles. The van der Waals surface area contributed by atoms with Crippen LogP contribution in [0.15, 0.2) is 6.20 Å². The van der Waals surface area contributed by atoms with Crippen LogP contribution in [0.25, 0.3) is 0 Å². The second-order valence-corrected chi connectivity index (χ2v) is 5.16. The van der Waals surface area contributed by atoms with Gasteiger partial charge in [0, 0.05) is 0 Å². The molecule has 8 heteroatoms. The average molecular weight is 271 g/mol. The molecule has 1 aromatic rings. The van der Waals surface area contributed by atoms with Crippen molar-refractivity contribution >= 4 is 0 Å². The van der Waals surface area contributed by atoms with Gasteiger partial charge in [0.1, 0.15) is 24.0 Å². The molecule has 3 rings (SSSR count). The molecule has 2 fully saturated rings. The zero-order valence-corrected chi connectivity index (χ0v) is 10.8. The quantitative estimate of drug-likeness (QED) is 0.741. The summed E-state index contributed by atoms with van der Waals surface area (Å²) < 4.78 is 18.7. The standard InChI is InChI=1S/C11H17N3O5/c1-11(2)18-8-7(5-16)17-10(9(8)19-11)14-3-6(4-15)12-13-14/h3,7-10,15-16H,4-5H2,1-2H3/t7-,8-,9-,10-/m1/s1. The molecule has 2 N–H and O–H groups in total. The highest BCUT2D eigenvalue weighted by Crippen LogP contribution is 2.42. The van der Waals surface area contributed by atoms with Gasteiger partial charge >= 0.3 is 0 Å². The van der Waals surface area contributed by atoms with Gasteiger partial charge in [-0.15, -0.1) is 5.10 Å². The van der Waals surface area contributed by atoms with Gasteiger partial charge in [-0.3, -0.25) is 0 Å². The third-order valence-corrected chi connectivity index (χ3v) is 3.29. The Labute approximate surface area is 109 Å². The molecule has 4 atom stereocenters. The molecule has 0 spiro atoms. The van der Waals surface area contributed by atoms with E-state index in [2.05, 4.69) is 10.3 Å². The van der Waals surface area contributed by atoms with Crippen LogP contribution in [-0.2, 0) is 20.8 Å². The number of nitrogens with zero attached hydrogens (tertiary/aromatic N) is 3. The first-order chi connectivity index (χ1) is 9.04. The highest BCUT2D eigenvalue weighted by Gasteiger charge is 2.56. The maximum atomic E-state index is 9.35. The molecule has 0 unspecified atom stereocenters. The summed E-state index contributed by atoms with van der Waals surface area (Å²) in [4.78, 5) is 0. The molecule has 0 saturated carbocycles. The molecule has 2 saturated heterocycles. The molecule has 0 aliphatic carbocycles. The van der Waals surface area contributed by atoms with E-state index in [4.69, 9.17) is 19.3 Å². The predicted molar refractivity (Wildman–Crippen MR) is 60.8 cm³/mol. The Balaban J connectivity index is 1.86. The number of aromatic nitrogens is 3. The van der Waals surface area contributed by atoms with Crippen LogP contribution in [0, 0.1) is 0 Å². The van der Waals surface area contributed by atoms with Crippen LogP contribution in [0.2, 0.25) is 0 Å². The molecule has 19 heavy (non-hydrogen) atoms. The number of fused-ring (bicyclic) bond motifs is 1. The van der Waals surface area contributed by atoms with E-state index in [1.54, 1.807) is 6.20 Å². The topological polar surface area (TPSA) is 98.9 Å². The third-order valence-electron chi connectivity index (χ3n) is 3.29. The highest BCUT2D eigenvalue weighted by molar-refractivity contribution is 4.98. The largest absolute Gasteiger partial charge is 0.394 e. The Bertz CT molecular complexity index is 463. The van der Waals surface area contributed by atoms with E-state index < -0.39 is 18.1 Å². The first-order valence-corrected chi connectivity index (χ1v) is 6.17. The second kappa shape index (κ2) is 4.50. The van der Waals surface area contributed by atoms with Crippen molar-refractivity contribution in [1.82, 2.24) is 15.0 Å². The molecule has 2 aliphatic rings. The summed E-state index contributed by atoms with van der Waals surface area (Å²) in [5.41, 5.74) is 0.450. The van der Waals surface area contributed by atoms with E-state index in [0.29, 0.717) is 5.69 Å². The van der Waals surface area contributed by atoms with Crippen molar-refractivity contribution in [2.24, 2.45) is 0 Å². The Morgan fingerprint density at radius 3 is 2.68 bits per heavy atom. The number of rotatable bonds is 3. The van der Waals surface area contributed by atoms with Crippen LogP contribution in [0.5, 0.6) is 0 Å². The van der Waals surface area contributed by atoms with Crippen LogP contribution in [-0.4, -0.2) is 55.9 Å². The average Bonchev–Trinajstić information content (AvgIpc) is 3.01. The fourth-order valence-electron chi connectivity index (χ4n) is 2.53. The SMILES string of the molecule is CC1(C)O[C@@H]2[C@H](O1)[C@@H](CO)O[C@H]2n1cc(CO)nn1. The Morgan fingerprint density at radius 2 is 2.05 bits per heavy atom. The van der Waals surface area contributed by atoms with E-state index in [0.717, 1.165) is 0 Å². The monoisotopic (exact) mass is 271 g/mol. The molecule has 106 valence electrons. The van der Waals surface area contributed by atoms with Crippen molar-refractivity contribution in [1.29, 1.82) is 0 Å². The maximum Gasteiger partial charge on any atom is 0.181 e. The van der Waals surface area contributed by atoms with Gasteiger partial charge in [-0.25, -0.2) is 4.68 Å². The summed E-state index contributed by atoms with van der Waals surface area (Å²) in [6.45, 7) is 3.29. The fourth-order valence-corrected chi connectivity index (χ4v) is 2.53. The van der Waals surface area contributed by atoms with Crippen LogP contribution < -0.4 is 0 Å². The second-order valence-electron chi connectivity index (χ2n) is 5.16. The maximum absolute atomic E-state index is 9.35. The lowest BCUT2D eigenvalue weighted by Gasteiger charge is -2.23. The van der Waals surface area contributed by atoms with Gasteiger partial charge in [-0.05, 0) is 13.8 Å². The molecule has 0 amide bonds. The fraction of sp³-hybridized carbons (Fsp3) is 0.818. The van der Waals surface area contributed by atoms with Gasteiger partial charge in [0.15, 0.2) is 12.0 Å². The lowest BCUT2D eigenvalue weighted by Crippen LogP contribution is -2.31. The molecular formula is C11H17N3O5. The molecule has 0 radical (unpaired) electrons. The van der Waals surface area contributed by atoms with Gasteiger partial charge in [-0.1, -0.05) is 5.21 Å². The van der Waals surface area contributed by atoms with Gasteiger partial charge in [-0.2, -0.15) is 0 Å². The van der Waals surface area contributed by atoms with Crippen LogP contribution in [0.3, 0.4) is 0 Å². The lowest BCUT2D eigenvalue weighted by atomic mass is 10.1. The first kappa shape index (κ1) is 12.9. The Kier molecular flexibility index (Phi) is 3.06. The third kappa shape index (κ3) is 2.15. The van der Waals surface area contributed by atoms with Gasteiger partial charge < -0.3 is 24.4 Å². The van der Waals surface area contributed by atoms with Crippen LogP contribution in [0.1, 0.15) is 25.8 Å². The summed E-state index contributed by atoms with van der Waals surface area (Å²) >= 11 is 0. The number of hydrogen-bond donors (Lipinski definition) is 2. The van der Waals surface area contributed by atoms with E-state index >= 15 is 0 Å². The Hall–Kier alpha value is -1.06. The van der Waals surface area contributed by atoms with E-state index in [9.17, 15) is 5.11 Å². The molecular weight excluding hydrogens is 254 g/mol.